The van der Waals surface area contributed by atoms with Gasteiger partial charge in [0.25, 0.3) is 5.91 Å². The molecule has 2 aromatic carbocycles. The van der Waals surface area contributed by atoms with E-state index in [2.05, 4.69) is 11.9 Å². The van der Waals surface area contributed by atoms with E-state index >= 15 is 0 Å². The number of amides is 1. The number of carbonyl (C=O) groups is 2. The maximum atomic E-state index is 12.9. The van der Waals surface area contributed by atoms with Crippen LogP contribution in [0.25, 0.3) is 10.2 Å². The molecule has 0 spiro atoms. The second-order valence-electron chi connectivity index (χ2n) is 7.23. The summed E-state index contributed by atoms with van der Waals surface area (Å²) >= 11 is 1.31. The normalized spacial score (nSPS) is 12.5. The molecule has 0 aliphatic carbocycles. The van der Waals surface area contributed by atoms with E-state index in [1.807, 2.05) is 18.2 Å². The Morgan fingerprint density at radius 2 is 1.73 bits per heavy atom. The Labute approximate surface area is 197 Å². The number of thiazole rings is 1. The van der Waals surface area contributed by atoms with Gasteiger partial charge in [0.2, 0.25) is 10.0 Å². The Hall–Kier alpha value is -2.82. The van der Waals surface area contributed by atoms with E-state index in [1.54, 1.807) is 18.4 Å². The smallest absolute Gasteiger partial charge is 0.325 e. The Morgan fingerprint density at radius 3 is 2.30 bits per heavy atom. The van der Waals surface area contributed by atoms with Gasteiger partial charge >= 0.3 is 5.97 Å². The number of nitrogens with zero attached hydrogens (tertiary/aromatic N) is 3. The van der Waals surface area contributed by atoms with Crippen molar-refractivity contribution in [2.45, 2.75) is 38.6 Å². The summed E-state index contributed by atoms with van der Waals surface area (Å²) in [5.41, 5.74) is 2.18. The van der Waals surface area contributed by atoms with Gasteiger partial charge in [0.1, 0.15) is 6.54 Å². The van der Waals surface area contributed by atoms with E-state index in [1.165, 1.54) is 47.0 Å². The van der Waals surface area contributed by atoms with Crippen LogP contribution < -0.4 is 4.80 Å². The Kier molecular flexibility index (Phi) is 7.83. The van der Waals surface area contributed by atoms with Gasteiger partial charge in [-0.3, -0.25) is 9.59 Å². The summed E-state index contributed by atoms with van der Waals surface area (Å²) in [7, 11) is -2.30. The first-order valence-electron chi connectivity index (χ1n) is 10.6. The molecule has 0 N–H and O–H groups in total. The summed E-state index contributed by atoms with van der Waals surface area (Å²) in [5, 5.41) is 0. The first-order chi connectivity index (χ1) is 15.7. The van der Waals surface area contributed by atoms with Gasteiger partial charge in [-0.1, -0.05) is 38.2 Å². The van der Waals surface area contributed by atoms with Crippen LogP contribution >= 0.6 is 11.3 Å². The zero-order valence-corrected chi connectivity index (χ0v) is 20.7. The zero-order valence-electron chi connectivity index (χ0n) is 19.1. The van der Waals surface area contributed by atoms with Gasteiger partial charge in [-0.2, -0.15) is 9.30 Å². The van der Waals surface area contributed by atoms with Crippen LogP contribution in [0.1, 0.15) is 36.7 Å². The van der Waals surface area contributed by atoms with Gasteiger partial charge in [-0.05, 0) is 48.4 Å². The molecule has 3 rings (SSSR count). The first kappa shape index (κ1) is 24.8. The quantitative estimate of drug-likeness (QED) is 0.453. The number of hydrogen-bond acceptors (Lipinski definition) is 6. The third-order valence-electron chi connectivity index (χ3n) is 5.31. The largest absolute Gasteiger partial charge is 0.468 e. The van der Waals surface area contributed by atoms with Crippen molar-refractivity contribution < 1.29 is 22.7 Å². The second-order valence-corrected chi connectivity index (χ2v) is 10.2. The van der Waals surface area contributed by atoms with E-state index in [-0.39, 0.29) is 17.0 Å². The maximum Gasteiger partial charge on any atom is 0.325 e. The molecule has 8 nitrogen and oxygen atoms in total. The molecule has 0 aliphatic heterocycles. The molecule has 1 amide bonds. The van der Waals surface area contributed by atoms with Gasteiger partial charge in [-0.15, -0.1) is 0 Å². The SMILES string of the molecule is CCc1ccc2c(c1)sc(=NC(=O)c1ccc(S(=O)(=O)N(CC)CC)cc1)n2CC(=O)OC. The van der Waals surface area contributed by atoms with Gasteiger partial charge < -0.3 is 9.30 Å². The predicted octanol–water partition coefficient (Wildman–Crippen LogP) is 3.21. The molecule has 0 bridgehead atoms. The van der Waals surface area contributed by atoms with E-state index in [0.29, 0.717) is 17.9 Å². The van der Waals surface area contributed by atoms with Crippen LogP contribution in [0.4, 0.5) is 0 Å². The number of ether oxygens (including phenoxy) is 1. The Morgan fingerprint density at radius 1 is 1.06 bits per heavy atom. The molecule has 176 valence electrons. The number of methoxy groups -OCH3 is 1. The van der Waals surface area contributed by atoms with Gasteiger partial charge in [0.15, 0.2) is 4.80 Å². The lowest BCUT2D eigenvalue weighted by Crippen LogP contribution is -2.30. The lowest BCUT2D eigenvalue weighted by Gasteiger charge is -2.18. The van der Waals surface area contributed by atoms with Crippen molar-refractivity contribution in [3.05, 3.63) is 58.4 Å². The number of sulfonamides is 1. The first-order valence-corrected chi connectivity index (χ1v) is 12.9. The molecular formula is C23H27N3O5S2. The molecule has 10 heteroatoms. The van der Waals surface area contributed by atoms with Crippen molar-refractivity contribution in [1.82, 2.24) is 8.87 Å². The average molecular weight is 490 g/mol. The summed E-state index contributed by atoms with van der Waals surface area (Å²) in [6.07, 6.45) is 0.860. The molecule has 0 atom stereocenters. The van der Waals surface area contributed by atoms with Crippen molar-refractivity contribution in [1.29, 1.82) is 0 Å². The van der Waals surface area contributed by atoms with E-state index in [0.717, 1.165) is 22.2 Å². The average Bonchev–Trinajstić information content (AvgIpc) is 3.15. The molecule has 33 heavy (non-hydrogen) atoms. The molecular weight excluding hydrogens is 462 g/mol. The van der Waals surface area contributed by atoms with Gasteiger partial charge in [0.05, 0.1) is 22.2 Å². The summed E-state index contributed by atoms with van der Waals surface area (Å²) in [5.74, 6) is -0.975. The molecule has 0 saturated heterocycles. The van der Waals surface area contributed by atoms with E-state index in [9.17, 15) is 18.0 Å². The second kappa shape index (κ2) is 10.4. The minimum atomic E-state index is -3.61. The molecule has 0 aliphatic rings. The predicted molar refractivity (Wildman–Crippen MR) is 128 cm³/mol. The summed E-state index contributed by atoms with van der Waals surface area (Å²) in [6, 6.07) is 11.6. The van der Waals surface area contributed by atoms with E-state index < -0.39 is 21.9 Å². The summed E-state index contributed by atoms with van der Waals surface area (Å²) in [4.78, 5) is 29.6. The minimum absolute atomic E-state index is 0.0743. The van der Waals surface area contributed by atoms with Crippen molar-refractivity contribution in [3.8, 4) is 0 Å². The third kappa shape index (κ3) is 5.23. The number of rotatable bonds is 8. The minimum Gasteiger partial charge on any atom is -0.468 e. The molecule has 1 aromatic heterocycles. The van der Waals surface area contributed by atoms with E-state index in [4.69, 9.17) is 4.74 Å². The Balaban J connectivity index is 2.02. The number of esters is 1. The highest BCUT2D eigenvalue weighted by Gasteiger charge is 2.21. The molecule has 0 saturated carbocycles. The highest BCUT2D eigenvalue weighted by molar-refractivity contribution is 7.89. The van der Waals surface area contributed by atoms with Crippen LogP contribution in [0.15, 0.2) is 52.4 Å². The van der Waals surface area contributed by atoms with Crippen molar-refractivity contribution in [2.75, 3.05) is 20.2 Å². The number of fused-ring (bicyclic) bond motifs is 1. The third-order valence-corrected chi connectivity index (χ3v) is 8.42. The van der Waals surface area contributed by atoms with Crippen molar-refractivity contribution in [3.63, 3.8) is 0 Å². The fourth-order valence-corrected chi connectivity index (χ4v) is 5.95. The molecule has 0 unspecified atom stereocenters. The fraction of sp³-hybridized carbons (Fsp3) is 0.348. The van der Waals surface area contributed by atoms with Crippen LogP contribution in [0.3, 0.4) is 0 Å². The monoisotopic (exact) mass is 489 g/mol. The number of aromatic nitrogens is 1. The molecule has 3 aromatic rings. The molecule has 0 radical (unpaired) electrons. The number of benzene rings is 2. The number of carbonyl (C=O) groups excluding carboxylic acids is 2. The zero-order chi connectivity index (χ0) is 24.2. The summed E-state index contributed by atoms with van der Waals surface area (Å²) in [6.45, 7) is 6.25. The van der Waals surface area contributed by atoms with Crippen LogP contribution in [0, 0.1) is 0 Å². The standard InChI is InChI=1S/C23H27N3O5S2/c1-5-16-8-13-19-20(14-16)32-23(26(19)15-21(27)31-4)24-22(28)17-9-11-18(12-10-17)33(29,30)25(6-2)7-3/h8-14H,5-7,15H2,1-4H3. The van der Waals surface area contributed by atoms with Crippen LogP contribution in [0.5, 0.6) is 0 Å². The highest BCUT2D eigenvalue weighted by atomic mass is 32.2. The summed E-state index contributed by atoms with van der Waals surface area (Å²) < 4.78 is 34.1. The lowest BCUT2D eigenvalue weighted by atomic mass is 10.2. The van der Waals surface area contributed by atoms with Crippen molar-refractivity contribution >= 4 is 43.5 Å². The Bertz CT molecular complexity index is 1330. The van der Waals surface area contributed by atoms with Crippen LogP contribution in [0.2, 0.25) is 0 Å². The maximum absolute atomic E-state index is 12.9. The van der Waals surface area contributed by atoms with Crippen molar-refractivity contribution in [2.24, 2.45) is 4.99 Å². The van der Waals surface area contributed by atoms with Crippen LogP contribution in [-0.4, -0.2) is 49.4 Å². The number of hydrogen-bond donors (Lipinski definition) is 0. The number of aryl methyl sites for hydroxylation is 1. The fourth-order valence-electron chi connectivity index (χ4n) is 3.40. The molecule has 1 heterocycles. The highest BCUT2D eigenvalue weighted by Crippen LogP contribution is 2.20. The lowest BCUT2D eigenvalue weighted by molar-refractivity contribution is -0.141. The van der Waals surface area contributed by atoms with Crippen LogP contribution in [-0.2, 0) is 32.5 Å². The molecule has 0 fully saturated rings. The van der Waals surface area contributed by atoms with Gasteiger partial charge in [0, 0.05) is 18.7 Å². The van der Waals surface area contributed by atoms with Gasteiger partial charge in [-0.25, -0.2) is 8.42 Å². The topological polar surface area (TPSA) is 98.0 Å².